The normalized spacial score (nSPS) is 14.2. The van der Waals surface area contributed by atoms with E-state index in [4.69, 9.17) is 16.6 Å². The molecule has 0 saturated heterocycles. The molecule has 0 spiro atoms. The molecule has 0 amide bonds. The van der Waals surface area contributed by atoms with Gasteiger partial charge in [0.05, 0.1) is 28.5 Å². The van der Waals surface area contributed by atoms with Crippen molar-refractivity contribution in [1.29, 1.82) is 0 Å². The van der Waals surface area contributed by atoms with Crippen LogP contribution in [0.5, 0.6) is 0 Å². The lowest BCUT2D eigenvalue weighted by Gasteiger charge is -2.16. The van der Waals surface area contributed by atoms with E-state index in [2.05, 4.69) is 34.9 Å². The van der Waals surface area contributed by atoms with Crippen LogP contribution in [0.3, 0.4) is 0 Å². The fraction of sp³-hybridized carbons (Fsp3) is 0.250. The third-order valence-corrected chi connectivity index (χ3v) is 4.90. The van der Waals surface area contributed by atoms with E-state index in [1.165, 1.54) is 16.5 Å². The van der Waals surface area contributed by atoms with E-state index in [1.54, 1.807) is 0 Å². The molecule has 3 nitrogen and oxygen atoms in total. The second kappa shape index (κ2) is 6.80. The molecule has 0 unspecified atom stereocenters. The lowest BCUT2D eigenvalue weighted by molar-refractivity contribution is 0.711. The van der Waals surface area contributed by atoms with Crippen molar-refractivity contribution in [2.75, 3.05) is 18.4 Å². The molecule has 0 saturated carbocycles. The predicted molar refractivity (Wildman–Crippen MR) is 101 cm³/mol. The van der Waals surface area contributed by atoms with Crippen LogP contribution in [0.4, 0.5) is 5.69 Å². The van der Waals surface area contributed by atoms with Crippen LogP contribution in [0.15, 0.2) is 48.5 Å². The minimum absolute atomic E-state index is 0.675. The van der Waals surface area contributed by atoms with Gasteiger partial charge in [0.25, 0.3) is 0 Å². The number of fused-ring (bicyclic) bond motifs is 2. The summed E-state index contributed by atoms with van der Waals surface area (Å²) in [6, 6.07) is 16.5. The molecule has 0 fully saturated rings. The van der Waals surface area contributed by atoms with Crippen LogP contribution in [-0.2, 0) is 19.4 Å². The smallest absolute Gasteiger partial charge is 0.0706 e. The summed E-state index contributed by atoms with van der Waals surface area (Å²) in [4.78, 5) is 4.73. The van der Waals surface area contributed by atoms with Gasteiger partial charge in [0.2, 0.25) is 0 Å². The second-order valence-corrected chi connectivity index (χ2v) is 6.57. The quantitative estimate of drug-likeness (QED) is 0.752. The third kappa shape index (κ3) is 3.10. The van der Waals surface area contributed by atoms with Gasteiger partial charge < -0.3 is 10.6 Å². The Morgan fingerprint density at radius 1 is 1.00 bits per heavy atom. The van der Waals surface area contributed by atoms with Crippen LogP contribution < -0.4 is 10.6 Å². The molecule has 2 N–H and O–H groups in total. The summed E-state index contributed by atoms with van der Waals surface area (Å²) in [6.45, 7) is 2.70. The first-order chi connectivity index (χ1) is 11.8. The Kier molecular flexibility index (Phi) is 4.37. The number of pyridine rings is 1. The molecule has 0 radical (unpaired) electrons. The Bertz CT molecular complexity index is 876. The molecule has 1 aliphatic heterocycles. The van der Waals surface area contributed by atoms with Crippen molar-refractivity contribution < 1.29 is 0 Å². The SMILES string of the molecule is Clc1ccc2c(c1NCc1ccc3ccccc3n1)CCNCC2. The summed E-state index contributed by atoms with van der Waals surface area (Å²) < 4.78 is 0. The van der Waals surface area contributed by atoms with Crippen LogP contribution in [0.1, 0.15) is 16.8 Å². The highest BCUT2D eigenvalue weighted by Crippen LogP contribution is 2.31. The first-order valence-corrected chi connectivity index (χ1v) is 8.78. The van der Waals surface area contributed by atoms with Gasteiger partial charge in [-0.15, -0.1) is 0 Å². The van der Waals surface area contributed by atoms with Crippen molar-refractivity contribution in [3.05, 3.63) is 70.4 Å². The summed E-state index contributed by atoms with van der Waals surface area (Å²) in [5.41, 5.74) is 5.84. The topological polar surface area (TPSA) is 37.0 Å². The predicted octanol–water partition coefficient (Wildman–Crippen LogP) is 4.19. The number of halogens is 1. The van der Waals surface area contributed by atoms with E-state index in [1.807, 2.05) is 24.3 Å². The molecule has 1 aliphatic rings. The Labute approximate surface area is 147 Å². The minimum Gasteiger partial charge on any atom is -0.378 e. The summed E-state index contributed by atoms with van der Waals surface area (Å²) in [5.74, 6) is 0. The summed E-state index contributed by atoms with van der Waals surface area (Å²) in [5, 5.41) is 8.93. The van der Waals surface area contributed by atoms with Gasteiger partial charge in [-0.25, -0.2) is 0 Å². The van der Waals surface area contributed by atoms with Crippen LogP contribution in [0.25, 0.3) is 10.9 Å². The fourth-order valence-corrected chi connectivity index (χ4v) is 3.56. The molecule has 4 rings (SSSR count). The zero-order valence-electron chi connectivity index (χ0n) is 13.5. The third-order valence-electron chi connectivity index (χ3n) is 4.58. The van der Waals surface area contributed by atoms with Gasteiger partial charge in [-0.05, 0) is 55.3 Å². The van der Waals surface area contributed by atoms with Gasteiger partial charge in [-0.1, -0.05) is 41.9 Å². The molecular formula is C20H20ClN3. The molecule has 122 valence electrons. The van der Waals surface area contributed by atoms with E-state index < -0.39 is 0 Å². The van der Waals surface area contributed by atoms with Crippen LogP contribution in [0.2, 0.25) is 5.02 Å². The maximum absolute atomic E-state index is 6.47. The van der Waals surface area contributed by atoms with Crippen LogP contribution in [-0.4, -0.2) is 18.1 Å². The van der Waals surface area contributed by atoms with E-state index in [0.717, 1.165) is 47.9 Å². The van der Waals surface area contributed by atoms with Gasteiger partial charge in [0, 0.05) is 5.39 Å². The van der Waals surface area contributed by atoms with Crippen LogP contribution in [0, 0.1) is 0 Å². The zero-order valence-corrected chi connectivity index (χ0v) is 14.2. The number of aromatic nitrogens is 1. The van der Waals surface area contributed by atoms with Gasteiger partial charge in [-0.3, -0.25) is 4.98 Å². The average molecular weight is 338 g/mol. The van der Waals surface area contributed by atoms with Crippen molar-refractivity contribution >= 4 is 28.2 Å². The standard InChI is InChI=1S/C20H20ClN3/c21-18-8-6-14-9-11-22-12-10-17(14)20(18)23-13-16-7-5-15-3-1-2-4-19(15)24-16/h1-8,22-23H,9-13H2. The maximum Gasteiger partial charge on any atom is 0.0706 e. The fourth-order valence-electron chi connectivity index (χ4n) is 3.32. The van der Waals surface area contributed by atoms with Crippen molar-refractivity contribution in [2.45, 2.75) is 19.4 Å². The summed E-state index contributed by atoms with van der Waals surface area (Å²) in [6.07, 6.45) is 2.05. The van der Waals surface area contributed by atoms with Gasteiger partial charge in [0.15, 0.2) is 0 Å². The number of nitrogens with zero attached hydrogens (tertiary/aromatic N) is 1. The zero-order chi connectivity index (χ0) is 16.4. The number of anilines is 1. The summed E-state index contributed by atoms with van der Waals surface area (Å²) in [7, 11) is 0. The minimum atomic E-state index is 0.675. The molecule has 3 aromatic rings. The number of benzene rings is 2. The molecule has 24 heavy (non-hydrogen) atoms. The lowest BCUT2D eigenvalue weighted by atomic mass is 10.0. The van der Waals surface area contributed by atoms with Crippen molar-refractivity contribution in [3.8, 4) is 0 Å². The lowest BCUT2D eigenvalue weighted by Crippen LogP contribution is -2.16. The molecular weight excluding hydrogens is 318 g/mol. The van der Waals surface area contributed by atoms with Crippen molar-refractivity contribution in [2.24, 2.45) is 0 Å². The number of nitrogens with one attached hydrogen (secondary N) is 2. The summed E-state index contributed by atoms with van der Waals surface area (Å²) >= 11 is 6.47. The van der Waals surface area contributed by atoms with E-state index in [9.17, 15) is 0 Å². The molecule has 0 atom stereocenters. The number of rotatable bonds is 3. The van der Waals surface area contributed by atoms with Crippen molar-refractivity contribution in [1.82, 2.24) is 10.3 Å². The van der Waals surface area contributed by atoms with Crippen molar-refractivity contribution in [3.63, 3.8) is 0 Å². The molecule has 4 heteroatoms. The maximum atomic E-state index is 6.47. The number of hydrogen-bond acceptors (Lipinski definition) is 3. The molecule has 1 aromatic heterocycles. The van der Waals surface area contributed by atoms with E-state index >= 15 is 0 Å². The van der Waals surface area contributed by atoms with Gasteiger partial charge in [-0.2, -0.15) is 0 Å². The Balaban J connectivity index is 1.60. The van der Waals surface area contributed by atoms with Gasteiger partial charge >= 0.3 is 0 Å². The largest absolute Gasteiger partial charge is 0.378 e. The Morgan fingerprint density at radius 3 is 2.83 bits per heavy atom. The van der Waals surface area contributed by atoms with Crippen LogP contribution >= 0.6 is 11.6 Å². The average Bonchev–Trinajstić information content (AvgIpc) is 2.86. The molecule has 2 aromatic carbocycles. The van der Waals surface area contributed by atoms with Gasteiger partial charge in [0.1, 0.15) is 0 Å². The molecule has 0 bridgehead atoms. The number of para-hydroxylation sites is 1. The monoisotopic (exact) mass is 337 g/mol. The van der Waals surface area contributed by atoms with E-state index in [0.29, 0.717) is 6.54 Å². The Morgan fingerprint density at radius 2 is 1.88 bits per heavy atom. The first kappa shape index (κ1) is 15.4. The Hall–Kier alpha value is -2.10. The highest BCUT2D eigenvalue weighted by molar-refractivity contribution is 6.33. The highest BCUT2D eigenvalue weighted by atomic mass is 35.5. The second-order valence-electron chi connectivity index (χ2n) is 6.16. The molecule has 2 heterocycles. The highest BCUT2D eigenvalue weighted by Gasteiger charge is 2.14. The molecule has 0 aliphatic carbocycles. The van der Waals surface area contributed by atoms with E-state index in [-0.39, 0.29) is 0 Å². The number of hydrogen-bond donors (Lipinski definition) is 2. The first-order valence-electron chi connectivity index (χ1n) is 8.41.